The first-order chi connectivity index (χ1) is 8.78. The lowest BCUT2D eigenvalue weighted by Gasteiger charge is -2.07. The molecular weight excluding hydrogens is 224 g/mol. The van der Waals surface area contributed by atoms with Crippen LogP contribution in [0.15, 0.2) is 24.4 Å². The molecule has 1 fully saturated rings. The van der Waals surface area contributed by atoms with E-state index in [-0.39, 0.29) is 0 Å². The number of hydrogen-bond donors (Lipinski definition) is 1. The molecule has 0 spiro atoms. The number of methoxy groups -OCH3 is 1. The number of nitrogens with one attached hydrogen (secondary N) is 1. The van der Waals surface area contributed by atoms with Crippen LogP contribution in [-0.4, -0.2) is 24.8 Å². The molecule has 0 aliphatic carbocycles. The summed E-state index contributed by atoms with van der Waals surface area (Å²) in [4.78, 5) is 0. The van der Waals surface area contributed by atoms with Gasteiger partial charge in [0.15, 0.2) is 0 Å². The maximum absolute atomic E-state index is 5.33. The third-order valence-electron chi connectivity index (χ3n) is 3.95. The maximum Gasteiger partial charge on any atom is 0.119 e. The summed E-state index contributed by atoms with van der Waals surface area (Å²) in [6.07, 6.45) is 4.72. The highest BCUT2D eigenvalue weighted by Gasteiger charge is 2.17. The number of aromatic nitrogens is 1. The third kappa shape index (κ3) is 1.99. The summed E-state index contributed by atoms with van der Waals surface area (Å²) in [6.45, 7) is 2.32. The first kappa shape index (κ1) is 11.6. The van der Waals surface area contributed by atoms with Crippen LogP contribution in [-0.2, 0) is 13.5 Å². The smallest absolute Gasteiger partial charge is 0.119 e. The first-order valence-corrected chi connectivity index (χ1v) is 6.60. The van der Waals surface area contributed by atoms with Crippen LogP contribution in [0.25, 0.3) is 10.9 Å². The Morgan fingerprint density at radius 1 is 1.44 bits per heavy atom. The topological polar surface area (TPSA) is 26.2 Å². The van der Waals surface area contributed by atoms with Crippen LogP contribution in [0.4, 0.5) is 0 Å². The van der Waals surface area contributed by atoms with Crippen molar-refractivity contribution in [2.45, 2.75) is 12.8 Å². The van der Waals surface area contributed by atoms with Gasteiger partial charge in [-0.25, -0.2) is 0 Å². The molecule has 3 heteroatoms. The Hall–Kier alpha value is -1.48. The molecule has 2 heterocycles. The summed E-state index contributed by atoms with van der Waals surface area (Å²) >= 11 is 0. The summed E-state index contributed by atoms with van der Waals surface area (Å²) in [7, 11) is 3.84. The van der Waals surface area contributed by atoms with E-state index in [2.05, 4.69) is 35.3 Å². The van der Waals surface area contributed by atoms with Gasteiger partial charge in [0.2, 0.25) is 0 Å². The molecule has 18 heavy (non-hydrogen) atoms. The lowest BCUT2D eigenvalue weighted by molar-refractivity contribution is 0.415. The van der Waals surface area contributed by atoms with Crippen molar-refractivity contribution in [1.29, 1.82) is 0 Å². The fourth-order valence-corrected chi connectivity index (χ4v) is 2.94. The van der Waals surface area contributed by atoms with Gasteiger partial charge < -0.3 is 14.6 Å². The zero-order valence-corrected chi connectivity index (χ0v) is 11.1. The van der Waals surface area contributed by atoms with E-state index >= 15 is 0 Å². The van der Waals surface area contributed by atoms with Crippen LogP contribution in [0, 0.1) is 5.92 Å². The second-order valence-electron chi connectivity index (χ2n) is 5.21. The zero-order chi connectivity index (χ0) is 12.5. The summed E-state index contributed by atoms with van der Waals surface area (Å²) in [5, 5.41) is 4.78. The highest BCUT2D eigenvalue weighted by Crippen LogP contribution is 2.28. The van der Waals surface area contributed by atoms with Crippen molar-refractivity contribution in [3.05, 3.63) is 30.0 Å². The molecule has 1 N–H and O–H groups in total. The average molecular weight is 244 g/mol. The van der Waals surface area contributed by atoms with Gasteiger partial charge in [0.25, 0.3) is 0 Å². The van der Waals surface area contributed by atoms with Gasteiger partial charge in [-0.1, -0.05) is 0 Å². The van der Waals surface area contributed by atoms with Crippen molar-refractivity contribution in [3.63, 3.8) is 0 Å². The molecule has 1 saturated heterocycles. The molecule has 96 valence electrons. The second kappa shape index (κ2) is 4.65. The van der Waals surface area contributed by atoms with Crippen molar-refractivity contribution in [2.24, 2.45) is 13.0 Å². The van der Waals surface area contributed by atoms with Gasteiger partial charge in [-0.15, -0.1) is 0 Å². The van der Waals surface area contributed by atoms with Crippen molar-refractivity contribution < 1.29 is 4.74 Å². The predicted molar refractivity (Wildman–Crippen MR) is 74.2 cm³/mol. The van der Waals surface area contributed by atoms with E-state index in [1.54, 1.807) is 7.11 Å². The van der Waals surface area contributed by atoms with Crippen molar-refractivity contribution in [1.82, 2.24) is 9.88 Å². The molecule has 1 unspecified atom stereocenters. The molecule has 2 aromatic rings. The molecule has 1 aliphatic heterocycles. The first-order valence-electron chi connectivity index (χ1n) is 6.60. The molecular formula is C15H20N2O. The molecule has 1 aromatic carbocycles. The van der Waals surface area contributed by atoms with E-state index in [0.717, 1.165) is 24.6 Å². The van der Waals surface area contributed by atoms with Gasteiger partial charge in [0.1, 0.15) is 5.75 Å². The Morgan fingerprint density at radius 3 is 3.06 bits per heavy atom. The maximum atomic E-state index is 5.33. The molecule has 0 bridgehead atoms. The van der Waals surface area contributed by atoms with Gasteiger partial charge >= 0.3 is 0 Å². The molecule has 0 radical (unpaired) electrons. The fourth-order valence-electron chi connectivity index (χ4n) is 2.94. The minimum Gasteiger partial charge on any atom is -0.497 e. The highest BCUT2D eigenvalue weighted by atomic mass is 16.5. The second-order valence-corrected chi connectivity index (χ2v) is 5.21. The molecule has 0 saturated carbocycles. The quantitative estimate of drug-likeness (QED) is 0.897. The number of benzene rings is 1. The van der Waals surface area contributed by atoms with E-state index < -0.39 is 0 Å². The minimum atomic E-state index is 0.779. The van der Waals surface area contributed by atoms with Crippen LogP contribution in [0.1, 0.15) is 12.0 Å². The molecule has 1 atom stereocenters. The number of nitrogens with zero attached hydrogens (tertiary/aromatic N) is 1. The summed E-state index contributed by atoms with van der Waals surface area (Å²) in [5.41, 5.74) is 2.73. The molecule has 1 aliphatic rings. The Kier molecular flexibility index (Phi) is 3.00. The van der Waals surface area contributed by atoms with Crippen LogP contribution >= 0.6 is 0 Å². The largest absolute Gasteiger partial charge is 0.497 e. The van der Waals surface area contributed by atoms with Gasteiger partial charge in [-0.05, 0) is 55.6 Å². The number of aryl methyl sites for hydroxylation is 1. The van der Waals surface area contributed by atoms with Gasteiger partial charge in [-0.3, -0.25) is 0 Å². The van der Waals surface area contributed by atoms with Gasteiger partial charge in [-0.2, -0.15) is 0 Å². The SMILES string of the molecule is COc1ccc2c(c1)c(CC1CCNC1)cn2C. The standard InChI is InChI=1S/C15H20N2O/c1-17-10-12(7-11-5-6-16-9-11)14-8-13(18-2)3-4-15(14)17/h3-4,8,10-11,16H,5-7,9H2,1-2H3. The molecule has 0 amide bonds. The monoisotopic (exact) mass is 244 g/mol. The summed E-state index contributed by atoms with van der Waals surface area (Å²) in [6, 6.07) is 6.33. The van der Waals surface area contributed by atoms with E-state index in [9.17, 15) is 0 Å². The van der Waals surface area contributed by atoms with E-state index in [4.69, 9.17) is 4.74 Å². The number of ether oxygens (including phenoxy) is 1. The molecule has 1 aromatic heterocycles. The summed E-state index contributed by atoms with van der Waals surface area (Å²) < 4.78 is 7.55. The third-order valence-corrected chi connectivity index (χ3v) is 3.95. The summed E-state index contributed by atoms with van der Waals surface area (Å²) in [5.74, 6) is 1.72. The highest BCUT2D eigenvalue weighted by molar-refractivity contribution is 5.85. The fraction of sp³-hybridized carbons (Fsp3) is 0.467. The normalized spacial score (nSPS) is 19.6. The Labute approximate surface area is 108 Å². The Morgan fingerprint density at radius 2 is 2.33 bits per heavy atom. The number of hydrogen-bond acceptors (Lipinski definition) is 2. The van der Waals surface area contributed by atoms with Crippen LogP contribution < -0.4 is 10.1 Å². The Bertz CT molecular complexity index is 553. The van der Waals surface area contributed by atoms with Gasteiger partial charge in [0, 0.05) is 24.1 Å². The van der Waals surface area contributed by atoms with E-state index in [1.807, 2.05) is 6.07 Å². The van der Waals surface area contributed by atoms with Crippen LogP contribution in [0.2, 0.25) is 0 Å². The van der Waals surface area contributed by atoms with Crippen molar-refractivity contribution in [2.75, 3.05) is 20.2 Å². The van der Waals surface area contributed by atoms with E-state index in [0.29, 0.717) is 0 Å². The predicted octanol–water partition coefficient (Wildman–Crippen LogP) is 2.34. The lowest BCUT2D eigenvalue weighted by Crippen LogP contribution is -2.10. The number of fused-ring (bicyclic) bond motifs is 1. The van der Waals surface area contributed by atoms with Crippen LogP contribution in [0.3, 0.4) is 0 Å². The van der Waals surface area contributed by atoms with Crippen molar-refractivity contribution in [3.8, 4) is 5.75 Å². The van der Waals surface area contributed by atoms with Crippen molar-refractivity contribution >= 4 is 10.9 Å². The van der Waals surface area contributed by atoms with Gasteiger partial charge in [0.05, 0.1) is 7.11 Å². The zero-order valence-electron chi connectivity index (χ0n) is 11.1. The van der Waals surface area contributed by atoms with E-state index in [1.165, 1.54) is 29.4 Å². The lowest BCUT2D eigenvalue weighted by atomic mass is 9.98. The molecule has 3 nitrogen and oxygen atoms in total. The number of rotatable bonds is 3. The minimum absolute atomic E-state index is 0.779. The van der Waals surface area contributed by atoms with Crippen LogP contribution in [0.5, 0.6) is 5.75 Å². The average Bonchev–Trinajstić information content (AvgIpc) is 2.99. The molecule has 3 rings (SSSR count). The Balaban J connectivity index is 1.99.